The highest BCUT2D eigenvalue weighted by atomic mass is 35.5. The van der Waals surface area contributed by atoms with Crippen LogP contribution < -0.4 is 14.8 Å². The van der Waals surface area contributed by atoms with Crippen LogP contribution in [0.4, 0.5) is 5.69 Å². The molecule has 0 aliphatic carbocycles. The van der Waals surface area contributed by atoms with Crippen molar-refractivity contribution in [3.8, 4) is 5.75 Å². The van der Waals surface area contributed by atoms with Crippen molar-refractivity contribution in [2.75, 3.05) is 12.4 Å². The van der Waals surface area contributed by atoms with Gasteiger partial charge in [-0.2, -0.15) is 4.72 Å². The highest BCUT2D eigenvalue weighted by Crippen LogP contribution is 2.25. The van der Waals surface area contributed by atoms with Crippen LogP contribution in [-0.2, 0) is 14.8 Å². The number of sulfonamides is 1. The fourth-order valence-electron chi connectivity index (χ4n) is 1.93. The highest BCUT2D eigenvalue weighted by Gasteiger charge is 2.22. The van der Waals surface area contributed by atoms with Crippen LogP contribution in [0.1, 0.15) is 6.92 Å². The quantitative estimate of drug-likeness (QED) is 0.775. The molecule has 0 saturated carbocycles. The van der Waals surface area contributed by atoms with E-state index >= 15 is 0 Å². The minimum atomic E-state index is -3.85. The first-order valence-electron chi connectivity index (χ1n) is 7.15. The summed E-state index contributed by atoms with van der Waals surface area (Å²) >= 11 is 11.7. The van der Waals surface area contributed by atoms with E-state index in [4.69, 9.17) is 27.9 Å². The Labute approximate surface area is 156 Å². The highest BCUT2D eigenvalue weighted by molar-refractivity contribution is 7.89. The van der Waals surface area contributed by atoms with Gasteiger partial charge < -0.3 is 10.1 Å². The summed E-state index contributed by atoms with van der Waals surface area (Å²) in [7, 11) is -2.37. The van der Waals surface area contributed by atoms with E-state index in [0.29, 0.717) is 16.5 Å². The first-order valence-corrected chi connectivity index (χ1v) is 9.39. The van der Waals surface area contributed by atoms with Crippen molar-refractivity contribution in [3.63, 3.8) is 0 Å². The molecule has 0 unspecified atom stereocenters. The van der Waals surface area contributed by atoms with Crippen molar-refractivity contribution < 1.29 is 17.9 Å². The summed E-state index contributed by atoms with van der Waals surface area (Å²) in [5.74, 6) is -0.000153. The lowest BCUT2D eigenvalue weighted by Crippen LogP contribution is -2.41. The van der Waals surface area contributed by atoms with E-state index in [9.17, 15) is 13.2 Å². The van der Waals surface area contributed by atoms with Crippen molar-refractivity contribution in [2.24, 2.45) is 0 Å². The molecule has 9 heteroatoms. The monoisotopic (exact) mass is 402 g/mol. The molecule has 0 heterocycles. The van der Waals surface area contributed by atoms with Crippen LogP contribution in [0.3, 0.4) is 0 Å². The van der Waals surface area contributed by atoms with Crippen LogP contribution >= 0.6 is 23.2 Å². The Balaban J connectivity index is 2.07. The van der Waals surface area contributed by atoms with Gasteiger partial charge >= 0.3 is 0 Å². The summed E-state index contributed by atoms with van der Waals surface area (Å²) in [6.45, 7) is 1.44. The van der Waals surface area contributed by atoms with E-state index in [0.717, 1.165) is 0 Å². The first kappa shape index (κ1) is 19.5. The molecule has 0 saturated heterocycles. The van der Waals surface area contributed by atoms with E-state index in [1.807, 2.05) is 0 Å². The van der Waals surface area contributed by atoms with Crippen molar-refractivity contribution in [2.45, 2.75) is 17.9 Å². The summed E-state index contributed by atoms with van der Waals surface area (Å²) in [6.07, 6.45) is 0. The van der Waals surface area contributed by atoms with Gasteiger partial charge in [-0.1, -0.05) is 23.2 Å². The SMILES string of the molecule is COc1ccc(S(=O)(=O)N[C@@H](C)C(=O)Nc2ccc(Cl)c(Cl)c2)cc1. The van der Waals surface area contributed by atoms with Gasteiger partial charge in [0.25, 0.3) is 0 Å². The zero-order valence-corrected chi connectivity index (χ0v) is 15.7. The second-order valence-corrected chi connectivity index (χ2v) is 7.67. The van der Waals surface area contributed by atoms with Crippen molar-refractivity contribution in [1.82, 2.24) is 4.72 Å². The van der Waals surface area contributed by atoms with Crippen LogP contribution in [0.25, 0.3) is 0 Å². The van der Waals surface area contributed by atoms with Crippen LogP contribution in [0.5, 0.6) is 5.75 Å². The lowest BCUT2D eigenvalue weighted by Gasteiger charge is -2.15. The molecular formula is C16H16Cl2N2O4S. The predicted molar refractivity (Wildman–Crippen MR) is 97.9 cm³/mol. The minimum Gasteiger partial charge on any atom is -0.497 e. The van der Waals surface area contributed by atoms with Gasteiger partial charge in [0.2, 0.25) is 15.9 Å². The standard InChI is InChI=1S/C16H16Cl2N2O4S/c1-10(16(21)19-11-3-8-14(17)15(18)9-11)20-25(22,23)13-6-4-12(24-2)5-7-13/h3-10,20H,1-2H3,(H,19,21)/t10-/m0/s1. The lowest BCUT2D eigenvalue weighted by molar-refractivity contribution is -0.117. The van der Waals surface area contributed by atoms with Gasteiger partial charge in [-0.15, -0.1) is 0 Å². The molecule has 2 N–H and O–H groups in total. The van der Waals surface area contributed by atoms with Gasteiger partial charge in [0.1, 0.15) is 5.75 Å². The van der Waals surface area contributed by atoms with E-state index in [1.54, 1.807) is 6.07 Å². The van der Waals surface area contributed by atoms with Gasteiger partial charge in [-0.3, -0.25) is 4.79 Å². The summed E-state index contributed by atoms with van der Waals surface area (Å²) < 4.78 is 32.0. The Morgan fingerprint density at radius 2 is 1.72 bits per heavy atom. The number of carbonyl (C=O) groups is 1. The van der Waals surface area contributed by atoms with E-state index < -0.39 is 22.0 Å². The van der Waals surface area contributed by atoms with Gasteiger partial charge in [0.15, 0.2) is 0 Å². The Morgan fingerprint density at radius 3 is 2.28 bits per heavy atom. The molecule has 2 aromatic rings. The number of rotatable bonds is 6. The molecule has 0 spiro atoms. The Bertz CT molecular complexity index is 870. The molecular weight excluding hydrogens is 387 g/mol. The Hall–Kier alpha value is -1.80. The number of carbonyl (C=O) groups excluding carboxylic acids is 1. The van der Waals surface area contributed by atoms with Crippen molar-refractivity contribution >= 4 is 44.8 Å². The van der Waals surface area contributed by atoms with Crippen molar-refractivity contribution in [1.29, 1.82) is 0 Å². The number of benzene rings is 2. The van der Waals surface area contributed by atoms with E-state index in [-0.39, 0.29) is 9.92 Å². The fourth-order valence-corrected chi connectivity index (χ4v) is 3.43. The van der Waals surface area contributed by atoms with Gasteiger partial charge in [0, 0.05) is 5.69 Å². The average molecular weight is 403 g/mol. The molecule has 134 valence electrons. The number of hydrogen-bond acceptors (Lipinski definition) is 4. The number of nitrogens with one attached hydrogen (secondary N) is 2. The third-order valence-electron chi connectivity index (χ3n) is 3.28. The number of methoxy groups -OCH3 is 1. The molecule has 0 aromatic heterocycles. The Kier molecular flexibility index (Phi) is 6.29. The zero-order chi connectivity index (χ0) is 18.6. The average Bonchev–Trinajstić information content (AvgIpc) is 2.57. The predicted octanol–water partition coefficient (Wildman–Crippen LogP) is 3.31. The normalized spacial score (nSPS) is 12.5. The van der Waals surface area contributed by atoms with Crippen molar-refractivity contribution in [3.05, 3.63) is 52.5 Å². The maximum Gasteiger partial charge on any atom is 0.242 e. The number of amides is 1. The lowest BCUT2D eigenvalue weighted by atomic mass is 10.3. The molecule has 1 atom stereocenters. The van der Waals surface area contributed by atoms with Gasteiger partial charge in [0.05, 0.1) is 28.1 Å². The molecule has 0 aliphatic rings. The van der Waals surface area contributed by atoms with E-state index in [1.165, 1.54) is 50.4 Å². The summed E-state index contributed by atoms with van der Waals surface area (Å²) in [4.78, 5) is 12.2. The maximum atomic E-state index is 12.3. The minimum absolute atomic E-state index is 0.0301. The summed E-state index contributed by atoms with van der Waals surface area (Å²) in [5, 5.41) is 3.21. The van der Waals surface area contributed by atoms with Crippen LogP contribution in [0.15, 0.2) is 47.4 Å². The smallest absolute Gasteiger partial charge is 0.242 e. The topological polar surface area (TPSA) is 84.5 Å². The first-order chi connectivity index (χ1) is 11.7. The molecule has 2 aromatic carbocycles. The summed E-state index contributed by atoms with van der Waals surface area (Å²) in [6, 6.07) is 9.41. The maximum absolute atomic E-state index is 12.3. The van der Waals surface area contributed by atoms with Gasteiger partial charge in [-0.05, 0) is 49.4 Å². The molecule has 6 nitrogen and oxygen atoms in total. The number of hydrogen-bond donors (Lipinski definition) is 2. The molecule has 0 aliphatic heterocycles. The summed E-state index contributed by atoms with van der Waals surface area (Å²) in [5.41, 5.74) is 0.412. The molecule has 0 fully saturated rings. The third-order valence-corrected chi connectivity index (χ3v) is 5.58. The Morgan fingerprint density at radius 1 is 1.08 bits per heavy atom. The fraction of sp³-hybridized carbons (Fsp3) is 0.188. The molecule has 0 bridgehead atoms. The van der Waals surface area contributed by atoms with Crippen LogP contribution in [0.2, 0.25) is 10.0 Å². The number of halogens is 2. The second-order valence-electron chi connectivity index (χ2n) is 5.14. The molecule has 25 heavy (non-hydrogen) atoms. The molecule has 2 rings (SSSR count). The van der Waals surface area contributed by atoms with Crippen LogP contribution in [-0.4, -0.2) is 27.5 Å². The van der Waals surface area contributed by atoms with E-state index in [2.05, 4.69) is 10.0 Å². The number of ether oxygens (including phenoxy) is 1. The largest absolute Gasteiger partial charge is 0.497 e. The number of anilines is 1. The molecule has 1 amide bonds. The third kappa shape index (κ3) is 5.09. The second kappa shape index (κ2) is 8.05. The molecule has 0 radical (unpaired) electrons. The van der Waals surface area contributed by atoms with Crippen LogP contribution in [0, 0.1) is 0 Å². The van der Waals surface area contributed by atoms with Gasteiger partial charge in [-0.25, -0.2) is 8.42 Å². The zero-order valence-electron chi connectivity index (χ0n) is 13.4.